The van der Waals surface area contributed by atoms with Gasteiger partial charge in [0.25, 0.3) is 0 Å². The van der Waals surface area contributed by atoms with Gasteiger partial charge in [-0.3, -0.25) is 0 Å². The van der Waals surface area contributed by atoms with Crippen LogP contribution < -0.4 is 0 Å². The van der Waals surface area contributed by atoms with Gasteiger partial charge in [-0.2, -0.15) is 0 Å². The Balaban J connectivity index is 3.35. The number of allylic oxidation sites excluding steroid dienone is 1. The van der Waals surface area contributed by atoms with Crippen molar-refractivity contribution in [2.24, 2.45) is 5.92 Å². The molecule has 0 aromatic heterocycles. The van der Waals surface area contributed by atoms with Gasteiger partial charge in [0.2, 0.25) is 0 Å². The SMILES string of the molecule is CCCCCCCCCCCCCCCCCC(C)/C=C(/C)C(=O)OCC. The molecule has 0 fully saturated rings. The molecule has 0 aliphatic rings. The van der Waals surface area contributed by atoms with E-state index in [0.29, 0.717) is 12.5 Å². The van der Waals surface area contributed by atoms with E-state index in [1.807, 2.05) is 13.8 Å². The van der Waals surface area contributed by atoms with E-state index in [4.69, 9.17) is 4.74 Å². The Bertz CT molecular complexity index is 359. The molecule has 0 aliphatic heterocycles. The molecule has 0 saturated heterocycles. The van der Waals surface area contributed by atoms with E-state index in [-0.39, 0.29) is 5.97 Å². The average molecular weight is 381 g/mol. The average Bonchev–Trinajstić information content (AvgIpc) is 2.65. The monoisotopic (exact) mass is 380 g/mol. The van der Waals surface area contributed by atoms with E-state index < -0.39 is 0 Å². The van der Waals surface area contributed by atoms with Crippen molar-refractivity contribution in [3.63, 3.8) is 0 Å². The quantitative estimate of drug-likeness (QED) is 0.128. The number of hydrogen-bond acceptors (Lipinski definition) is 2. The van der Waals surface area contributed by atoms with Gasteiger partial charge in [-0.15, -0.1) is 0 Å². The molecule has 0 radical (unpaired) electrons. The van der Waals surface area contributed by atoms with Gasteiger partial charge in [0.1, 0.15) is 0 Å². The smallest absolute Gasteiger partial charge is 0.333 e. The highest BCUT2D eigenvalue weighted by Gasteiger charge is 2.06. The summed E-state index contributed by atoms with van der Waals surface area (Å²) < 4.78 is 5.03. The molecule has 1 atom stereocenters. The Morgan fingerprint density at radius 3 is 1.56 bits per heavy atom. The molecule has 1 unspecified atom stereocenters. The molecular formula is C25H48O2. The van der Waals surface area contributed by atoms with E-state index in [1.165, 1.54) is 103 Å². The zero-order chi connectivity index (χ0) is 20.2. The molecule has 0 amide bonds. The normalized spacial score (nSPS) is 13.0. The number of carbonyl (C=O) groups is 1. The van der Waals surface area contributed by atoms with Crippen LogP contribution in [0.2, 0.25) is 0 Å². The summed E-state index contributed by atoms with van der Waals surface area (Å²) in [7, 11) is 0. The topological polar surface area (TPSA) is 26.3 Å². The van der Waals surface area contributed by atoms with Gasteiger partial charge in [-0.05, 0) is 26.2 Å². The molecule has 2 heteroatoms. The predicted molar refractivity (Wildman–Crippen MR) is 119 cm³/mol. The van der Waals surface area contributed by atoms with Gasteiger partial charge < -0.3 is 4.74 Å². The maximum absolute atomic E-state index is 11.6. The van der Waals surface area contributed by atoms with Crippen LogP contribution in [0.3, 0.4) is 0 Å². The first-order valence-electron chi connectivity index (χ1n) is 12.0. The van der Waals surface area contributed by atoms with Crippen molar-refractivity contribution >= 4 is 5.97 Å². The molecule has 0 aromatic carbocycles. The molecule has 2 nitrogen and oxygen atoms in total. The third-order valence-electron chi connectivity index (χ3n) is 5.39. The highest BCUT2D eigenvalue weighted by molar-refractivity contribution is 5.87. The first-order valence-corrected chi connectivity index (χ1v) is 12.0. The minimum absolute atomic E-state index is 0.166. The zero-order valence-corrected chi connectivity index (χ0v) is 19.0. The molecule has 160 valence electrons. The molecule has 0 aliphatic carbocycles. The van der Waals surface area contributed by atoms with Gasteiger partial charge in [0.05, 0.1) is 6.61 Å². The number of rotatable bonds is 19. The van der Waals surface area contributed by atoms with Gasteiger partial charge in [0.15, 0.2) is 0 Å². The van der Waals surface area contributed by atoms with Crippen LogP contribution in [0, 0.1) is 5.92 Å². The maximum Gasteiger partial charge on any atom is 0.333 e. The maximum atomic E-state index is 11.6. The number of ether oxygens (including phenoxy) is 1. The van der Waals surface area contributed by atoms with Crippen molar-refractivity contribution in [1.29, 1.82) is 0 Å². The van der Waals surface area contributed by atoms with Crippen molar-refractivity contribution < 1.29 is 9.53 Å². The Morgan fingerprint density at radius 2 is 1.15 bits per heavy atom. The van der Waals surface area contributed by atoms with Crippen LogP contribution in [0.25, 0.3) is 0 Å². The summed E-state index contributed by atoms with van der Waals surface area (Å²) in [5.74, 6) is 0.303. The van der Waals surface area contributed by atoms with Gasteiger partial charge >= 0.3 is 5.97 Å². The van der Waals surface area contributed by atoms with Crippen LogP contribution in [0.1, 0.15) is 130 Å². The highest BCUT2D eigenvalue weighted by Crippen LogP contribution is 2.16. The number of unbranched alkanes of at least 4 members (excludes halogenated alkanes) is 14. The van der Waals surface area contributed by atoms with Crippen LogP contribution in [-0.4, -0.2) is 12.6 Å². The fourth-order valence-corrected chi connectivity index (χ4v) is 3.66. The molecule has 0 bridgehead atoms. The largest absolute Gasteiger partial charge is 0.463 e. The molecule has 0 heterocycles. The highest BCUT2D eigenvalue weighted by atomic mass is 16.5. The first kappa shape index (κ1) is 26.2. The van der Waals surface area contributed by atoms with Crippen molar-refractivity contribution in [2.45, 2.75) is 130 Å². The molecule has 0 rings (SSSR count). The Morgan fingerprint density at radius 1 is 0.741 bits per heavy atom. The number of carbonyl (C=O) groups excluding carboxylic acids is 1. The van der Waals surface area contributed by atoms with Gasteiger partial charge in [0, 0.05) is 5.57 Å². The van der Waals surface area contributed by atoms with Gasteiger partial charge in [-0.1, -0.05) is 116 Å². The van der Waals surface area contributed by atoms with Crippen LogP contribution in [0.4, 0.5) is 0 Å². The number of hydrogen-bond donors (Lipinski definition) is 0. The Labute approximate surface area is 170 Å². The third-order valence-corrected chi connectivity index (χ3v) is 5.39. The Kier molecular flexibility index (Phi) is 19.4. The summed E-state index contributed by atoms with van der Waals surface area (Å²) in [6, 6.07) is 0. The molecular weight excluding hydrogens is 332 g/mol. The van der Waals surface area contributed by atoms with Crippen LogP contribution >= 0.6 is 0 Å². The molecule has 0 aromatic rings. The summed E-state index contributed by atoms with van der Waals surface area (Å²) >= 11 is 0. The van der Waals surface area contributed by atoms with E-state index in [1.54, 1.807) is 0 Å². The summed E-state index contributed by atoms with van der Waals surface area (Å²) in [5.41, 5.74) is 0.755. The standard InChI is InChI=1S/C25H48O2/c1-5-7-8-9-10-11-12-13-14-15-16-17-18-19-20-21-23(3)22-24(4)25(26)27-6-2/h22-23H,5-21H2,1-4H3/b24-22-. The summed E-state index contributed by atoms with van der Waals surface area (Å²) in [5, 5.41) is 0. The van der Waals surface area contributed by atoms with Crippen molar-refractivity contribution in [2.75, 3.05) is 6.61 Å². The van der Waals surface area contributed by atoms with Crippen molar-refractivity contribution in [1.82, 2.24) is 0 Å². The minimum Gasteiger partial charge on any atom is -0.463 e. The predicted octanol–water partition coefficient (Wildman–Crippen LogP) is 8.39. The second-order valence-electron chi connectivity index (χ2n) is 8.29. The lowest BCUT2D eigenvalue weighted by atomic mass is 9.99. The van der Waals surface area contributed by atoms with Crippen LogP contribution in [0.5, 0.6) is 0 Å². The minimum atomic E-state index is -0.166. The Hall–Kier alpha value is -0.790. The lowest BCUT2D eigenvalue weighted by Gasteiger charge is -2.08. The lowest BCUT2D eigenvalue weighted by molar-refractivity contribution is -0.138. The van der Waals surface area contributed by atoms with E-state index >= 15 is 0 Å². The van der Waals surface area contributed by atoms with E-state index in [2.05, 4.69) is 19.9 Å². The van der Waals surface area contributed by atoms with Crippen LogP contribution in [-0.2, 0) is 9.53 Å². The van der Waals surface area contributed by atoms with E-state index in [0.717, 1.165) is 5.57 Å². The molecule has 0 saturated carbocycles. The number of esters is 1. The van der Waals surface area contributed by atoms with Crippen LogP contribution in [0.15, 0.2) is 11.6 Å². The summed E-state index contributed by atoms with van der Waals surface area (Å²) in [6.07, 6.45) is 24.3. The van der Waals surface area contributed by atoms with Crippen molar-refractivity contribution in [3.8, 4) is 0 Å². The first-order chi connectivity index (χ1) is 13.1. The second-order valence-corrected chi connectivity index (χ2v) is 8.29. The second kappa shape index (κ2) is 20.0. The molecule has 27 heavy (non-hydrogen) atoms. The fraction of sp³-hybridized carbons (Fsp3) is 0.880. The van der Waals surface area contributed by atoms with Crippen molar-refractivity contribution in [3.05, 3.63) is 11.6 Å². The zero-order valence-electron chi connectivity index (χ0n) is 19.0. The lowest BCUT2D eigenvalue weighted by Crippen LogP contribution is -2.06. The van der Waals surface area contributed by atoms with Gasteiger partial charge in [-0.25, -0.2) is 4.79 Å². The van der Waals surface area contributed by atoms with E-state index in [9.17, 15) is 4.79 Å². The summed E-state index contributed by atoms with van der Waals surface area (Å²) in [6.45, 7) is 8.66. The third kappa shape index (κ3) is 18.3. The fourth-order valence-electron chi connectivity index (χ4n) is 3.66. The molecule has 0 spiro atoms. The summed E-state index contributed by atoms with van der Waals surface area (Å²) in [4.78, 5) is 11.6. The molecule has 0 N–H and O–H groups in total.